The Balaban J connectivity index is 5.43. The fourth-order valence-electron chi connectivity index (χ4n) is 11.4. The van der Waals surface area contributed by atoms with Gasteiger partial charge >= 0.3 is 39.5 Å². The van der Waals surface area contributed by atoms with Gasteiger partial charge in [-0.15, -0.1) is 0 Å². The molecule has 0 amide bonds. The number of allylic oxidation sites excluding steroid dienone is 26. The molecule has 19 heteroatoms. The van der Waals surface area contributed by atoms with Crippen molar-refractivity contribution in [1.82, 2.24) is 0 Å². The van der Waals surface area contributed by atoms with E-state index in [4.69, 9.17) is 37.0 Å². The van der Waals surface area contributed by atoms with Crippen LogP contribution in [0.2, 0.25) is 0 Å². The molecule has 0 spiro atoms. The van der Waals surface area contributed by atoms with Gasteiger partial charge in [0, 0.05) is 25.7 Å². The molecule has 0 radical (unpaired) electrons. The number of aliphatic hydroxyl groups is 1. The SMILES string of the molecule is CC/C=C\C/C=C\C/C=C\C/C=C\CCCCCCCCC(=O)OCC(COP(=O)(O)OCC(O)COP(=O)(O)OCC(COC(=O)CCCCCCCC/C=C\C/C=C\C/C=C\CCCCC)OC(=O)CCCCCCCC/C=C\C/C=C\C/C=C\CCCCC)OC(=O)CCCCCCC/C=C\C/C=C\C/C=C\CC. The number of unbranched alkanes of at least 4 members (excludes halogenated alkanes) is 29. The molecule has 0 bridgehead atoms. The van der Waals surface area contributed by atoms with Crippen LogP contribution in [0, 0.1) is 0 Å². The summed E-state index contributed by atoms with van der Waals surface area (Å²) in [6.07, 6.45) is 99.0. The third kappa shape index (κ3) is 82.7. The highest BCUT2D eigenvalue weighted by atomic mass is 31.2. The molecule has 0 saturated carbocycles. The molecule has 5 atom stereocenters. The minimum Gasteiger partial charge on any atom is -0.462 e. The van der Waals surface area contributed by atoms with Gasteiger partial charge in [-0.2, -0.15) is 0 Å². The Bertz CT molecular complexity index is 2740. The lowest BCUT2D eigenvalue weighted by molar-refractivity contribution is -0.161. The zero-order valence-electron chi connectivity index (χ0n) is 70.3. The molecule has 0 aliphatic heterocycles. The highest BCUT2D eigenvalue weighted by Gasteiger charge is 2.30. The lowest BCUT2D eigenvalue weighted by Gasteiger charge is -2.21. The largest absolute Gasteiger partial charge is 0.472 e. The number of hydrogen-bond donors (Lipinski definition) is 3. The van der Waals surface area contributed by atoms with E-state index in [1.807, 2.05) is 0 Å². The maximum Gasteiger partial charge on any atom is 0.472 e. The summed E-state index contributed by atoms with van der Waals surface area (Å²) < 4.78 is 68.9. The number of phosphoric acid groups is 2. The van der Waals surface area contributed by atoms with Crippen molar-refractivity contribution in [1.29, 1.82) is 0 Å². The Morgan fingerprint density at radius 3 is 0.714 bits per heavy atom. The van der Waals surface area contributed by atoms with Gasteiger partial charge < -0.3 is 33.8 Å². The molecule has 0 saturated heterocycles. The molecule has 0 heterocycles. The van der Waals surface area contributed by atoms with Crippen molar-refractivity contribution in [2.75, 3.05) is 39.6 Å². The predicted molar refractivity (Wildman–Crippen MR) is 464 cm³/mol. The van der Waals surface area contributed by atoms with E-state index in [1.165, 1.54) is 38.5 Å². The summed E-state index contributed by atoms with van der Waals surface area (Å²) in [4.78, 5) is 73.4. The molecule has 640 valence electrons. The van der Waals surface area contributed by atoms with Gasteiger partial charge in [-0.25, -0.2) is 9.13 Å². The molecule has 0 aliphatic rings. The first-order valence-corrected chi connectivity index (χ1v) is 46.7. The molecule has 0 aromatic rings. The van der Waals surface area contributed by atoms with E-state index in [0.29, 0.717) is 25.7 Å². The van der Waals surface area contributed by atoms with Gasteiger partial charge in [0.05, 0.1) is 26.4 Å². The first-order chi connectivity index (χ1) is 54.7. The number of ether oxygens (including phenoxy) is 4. The monoisotopic (exact) mass is 1610 g/mol. The summed E-state index contributed by atoms with van der Waals surface area (Å²) >= 11 is 0. The molecule has 0 aliphatic carbocycles. The van der Waals surface area contributed by atoms with Crippen LogP contribution in [0.4, 0.5) is 0 Å². The molecular formula is C93H156O17P2. The van der Waals surface area contributed by atoms with Crippen LogP contribution in [0.25, 0.3) is 0 Å². The Labute approximate surface area is 680 Å². The normalized spacial score (nSPS) is 14.5. The highest BCUT2D eigenvalue weighted by molar-refractivity contribution is 7.47. The number of rotatable bonds is 81. The minimum absolute atomic E-state index is 0.0671. The fourth-order valence-corrected chi connectivity index (χ4v) is 12.9. The molecule has 112 heavy (non-hydrogen) atoms. The lowest BCUT2D eigenvalue weighted by Crippen LogP contribution is -2.30. The van der Waals surface area contributed by atoms with Gasteiger partial charge in [0.15, 0.2) is 12.2 Å². The van der Waals surface area contributed by atoms with Crippen LogP contribution in [0.15, 0.2) is 158 Å². The Morgan fingerprint density at radius 2 is 0.464 bits per heavy atom. The Morgan fingerprint density at radius 1 is 0.259 bits per heavy atom. The summed E-state index contributed by atoms with van der Waals surface area (Å²) in [5.74, 6) is -2.23. The molecule has 5 unspecified atom stereocenters. The smallest absolute Gasteiger partial charge is 0.462 e. The van der Waals surface area contributed by atoms with Gasteiger partial charge in [-0.1, -0.05) is 308 Å². The minimum atomic E-state index is -5.00. The quantitative estimate of drug-likeness (QED) is 0.0169. The van der Waals surface area contributed by atoms with Gasteiger partial charge in [0.25, 0.3) is 0 Å². The van der Waals surface area contributed by atoms with Crippen molar-refractivity contribution >= 4 is 39.5 Å². The lowest BCUT2D eigenvalue weighted by atomic mass is 10.1. The third-order valence-electron chi connectivity index (χ3n) is 18.0. The second-order valence-electron chi connectivity index (χ2n) is 28.7. The average Bonchev–Trinajstić information content (AvgIpc) is 0.898. The van der Waals surface area contributed by atoms with Crippen LogP contribution < -0.4 is 0 Å². The summed E-state index contributed by atoms with van der Waals surface area (Å²) in [6.45, 7) is 4.57. The number of phosphoric ester groups is 2. The zero-order valence-corrected chi connectivity index (χ0v) is 72.1. The standard InChI is InChI=1S/C93H156O17P2/c1-5-9-13-17-21-25-29-33-37-40-43-46-50-53-57-61-65-69-73-77-90(95)103-83-88(109-92(97)79-75-71-67-63-59-55-49-36-32-28-24-20-16-12-8-4)85-107-111(99,100)105-81-87(94)82-106-112(101,102)108-86-89(110-93(98)80-76-72-68-64-60-56-52-48-45-42-39-35-31-27-23-19-15-11-7-3)84-104-91(96)78-74-70-66-62-58-54-51-47-44-41-38-34-30-26-22-18-14-10-6-2/h9,12-13,16,21-28,33-39,43-49,87-89,94H,5-8,10-11,14-15,17-20,29-32,40-42,50-86H2,1-4H3,(H,99,100)(H,101,102)/b13-9-,16-12-,25-21-,26-22-,27-23-,28-24-,37-33-,38-34-,39-35-,46-43-,47-44-,48-45-,49-36-. The average molecular weight is 1610 g/mol. The molecule has 3 N–H and O–H groups in total. The fraction of sp³-hybridized carbons (Fsp3) is 0.677. The second-order valence-corrected chi connectivity index (χ2v) is 31.6. The number of hydrogen-bond acceptors (Lipinski definition) is 15. The zero-order chi connectivity index (χ0) is 81.7. The van der Waals surface area contributed by atoms with Gasteiger partial charge in [-0.05, 0) is 173 Å². The summed E-state index contributed by atoms with van der Waals surface area (Å²) in [5, 5.41) is 10.7. The molecular weight excluding hydrogens is 1450 g/mol. The van der Waals surface area contributed by atoms with Crippen LogP contribution in [0.3, 0.4) is 0 Å². The predicted octanol–water partition coefficient (Wildman–Crippen LogP) is 26.3. The molecule has 0 aromatic heterocycles. The van der Waals surface area contributed by atoms with Crippen molar-refractivity contribution in [3.8, 4) is 0 Å². The van der Waals surface area contributed by atoms with Crippen molar-refractivity contribution in [3.05, 3.63) is 158 Å². The number of carbonyl (C=O) groups is 4. The van der Waals surface area contributed by atoms with E-state index in [9.17, 15) is 43.2 Å². The molecule has 17 nitrogen and oxygen atoms in total. The van der Waals surface area contributed by atoms with Crippen molar-refractivity contribution in [2.45, 2.75) is 367 Å². The van der Waals surface area contributed by atoms with Crippen molar-refractivity contribution in [3.63, 3.8) is 0 Å². The van der Waals surface area contributed by atoms with Crippen LogP contribution in [0.1, 0.15) is 349 Å². The third-order valence-corrected chi connectivity index (χ3v) is 19.9. The van der Waals surface area contributed by atoms with Gasteiger partial charge in [0.2, 0.25) is 0 Å². The van der Waals surface area contributed by atoms with Crippen LogP contribution in [-0.2, 0) is 65.4 Å². The van der Waals surface area contributed by atoms with Crippen molar-refractivity contribution < 1.29 is 80.2 Å². The van der Waals surface area contributed by atoms with Crippen molar-refractivity contribution in [2.24, 2.45) is 0 Å². The highest BCUT2D eigenvalue weighted by Crippen LogP contribution is 2.45. The van der Waals surface area contributed by atoms with E-state index < -0.39 is 97.5 Å². The summed E-state index contributed by atoms with van der Waals surface area (Å²) in [6, 6.07) is 0. The van der Waals surface area contributed by atoms with E-state index in [0.717, 1.165) is 231 Å². The van der Waals surface area contributed by atoms with Gasteiger partial charge in [0.1, 0.15) is 19.3 Å². The Kier molecular flexibility index (Phi) is 79.6. The maximum absolute atomic E-state index is 13.2. The first-order valence-electron chi connectivity index (χ1n) is 43.7. The van der Waals surface area contributed by atoms with E-state index in [2.05, 4.69) is 186 Å². The number of aliphatic hydroxyl groups excluding tert-OH is 1. The maximum atomic E-state index is 13.2. The molecule has 0 fully saturated rings. The van der Waals surface area contributed by atoms with Crippen LogP contribution in [0.5, 0.6) is 0 Å². The Hall–Kier alpha value is -5.32. The number of carbonyl (C=O) groups excluding carboxylic acids is 4. The summed E-state index contributed by atoms with van der Waals surface area (Å²) in [7, 11) is -10.00. The summed E-state index contributed by atoms with van der Waals surface area (Å²) in [5.41, 5.74) is 0. The van der Waals surface area contributed by atoms with E-state index in [1.54, 1.807) is 0 Å². The van der Waals surface area contributed by atoms with E-state index in [-0.39, 0.29) is 25.7 Å². The van der Waals surface area contributed by atoms with E-state index >= 15 is 0 Å². The first kappa shape index (κ1) is 107. The second kappa shape index (κ2) is 83.6. The molecule has 0 rings (SSSR count). The molecule has 0 aromatic carbocycles. The van der Waals surface area contributed by atoms with Crippen LogP contribution >= 0.6 is 15.6 Å². The van der Waals surface area contributed by atoms with Crippen LogP contribution in [-0.4, -0.2) is 96.7 Å². The number of esters is 4. The van der Waals surface area contributed by atoms with Gasteiger partial charge in [-0.3, -0.25) is 37.3 Å². The topological polar surface area (TPSA) is 237 Å².